The first-order valence-electron chi connectivity index (χ1n) is 8.24. The number of ether oxygens (including phenoxy) is 2. The molecule has 2 aromatic rings. The number of hydrogen-bond donors (Lipinski definition) is 1. The Bertz CT molecular complexity index is 801. The second-order valence-electron chi connectivity index (χ2n) is 5.84. The normalized spacial score (nSPS) is 12.6. The molecule has 1 N–H and O–H groups in total. The van der Waals surface area contributed by atoms with Gasteiger partial charge in [0, 0.05) is 11.6 Å². The highest BCUT2D eigenvalue weighted by Gasteiger charge is 2.21. The molecule has 0 amide bonds. The number of nitrogens with one attached hydrogen (secondary N) is 1. The third-order valence-electron chi connectivity index (χ3n) is 4.01. The van der Waals surface area contributed by atoms with Crippen LogP contribution in [-0.4, -0.2) is 22.6 Å². The van der Waals surface area contributed by atoms with E-state index in [0.717, 1.165) is 18.4 Å². The van der Waals surface area contributed by atoms with E-state index in [2.05, 4.69) is 11.6 Å². The van der Waals surface area contributed by atoms with Crippen LogP contribution >= 0.6 is 0 Å². The first kappa shape index (κ1) is 19.3. The molecule has 0 saturated heterocycles. The predicted molar refractivity (Wildman–Crippen MR) is 98.7 cm³/mol. The summed E-state index contributed by atoms with van der Waals surface area (Å²) in [4.78, 5) is 0.251. The fourth-order valence-corrected chi connectivity index (χ4v) is 3.89. The van der Waals surface area contributed by atoms with E-state index in [1.54, 1.807) is 51.5 Å². The molecule has 0 fully saturated rings. The van der Waals surface area contributed by atoms with Gasteiger partial charge in [-0.05, 0) is 49.2 Å². The summed E-state index contributed by atoms with van der Waals surface area (Å²) in [5, 5.41) is 0. The van der Waals surface area contributed by atoms with Crippen LogP contribution in [0, 0.1) is 0 Å². The molecule has 0 bridgehead atoms. The van der Waals surface area contributed by atoms with Gasteiger partial charge in [0.1, 0.15) is 11.5 Å². The van der Waals surface area contributed by atoms with Crippen LogP contribution in [0.3, 0.4) is 0 Å². The van der Waals surface area contributed by atoms with E-state index < -0.39 is 16.1 Å². The van der Waals surface area contributed by atoms with Gasteiger partial charge in [0.15, 0.2) is 0 Å². The van der Waals surface area contributed by atoms with Crippen LogP contribution in [0.1, 0.15) is 37.4 Å². The summed E-state index contributed by atoms with van der Waals surface area (Å²) in [6.07, 6.45) is 1.96. The zero-order valence-electron chi connectivity index (χ0n) is 15.1. The van der Waals surface area contributed by atoms with Gasteiger partial charge in [-0.15, -0.1) is 0 Å². The first-order valence-corrected chi connectivity index (χ1v) is 9.72. The maximum atomic E-state index is 12.7. The van der Waals surface area contributed by atoms with Crippen LogP contribution in [0.4, 0.5) is 0 Å². The Morgan fingerprint density at radius 2 is 1.72 bits per heavy atom. The van der Waals surface area contributed by atoms with Crippen LogP contribution in [0.25, 0.3) is 0 Å². The molecular formula is C19H25NO4S. The molecule has 2 rings (SSSR count). The van der Waals surface area contributed by atoms with Crippen LogP contribution in [0.15, 0.2) is 47.4 Å². The molecule has 1 atom stereocenters. The zero-order chi connectivity index (χ0) is 18.4. The molecule has 2 aromatic carbocycles. The Morgan fingerprint density at radius 1 is 1.04 bits per heavy atom. The highest BCUT2D eigenvalue weighted by atomic mass is 32.2. The summed E-state index contributed by atoms with van der Waals surface area (Å²) in [5.41, 5.74) is 1.84. The lowest BCUT2D eigenvalue weighted by Crippen LogP contribution is -2.27. The van der Waals surface area contributed by atoms with Gasteiger partial charge in [-0.2, -0.15) is 0 Å². The molecule has 0 heterocycles. The highest BCUT2D eigenvalue weighted by Crippen LogP contribution is 2.30. The van der Waals surface area contributed by atoms with Crippen molar-refractivity contribution >= 4 is 10.0 Å². The van der Waals surface area contributed by atoms with Gasteiger partial charge >= 0.3 is 0 Å². The zero-order valence-corrected chi connectivity index (χ0v) is 15.9. The third kappa shape index (κ3) is 4.74. The molecular weight excluding hydrogens is 338 g/mol. The summed E-state index contributed by atoms with van der Waals surface area (Å²) in [6, 6.07) is 11.8. The van der Waals surface area contributed by atoms with E-state index in [0.29, 0.717) is 17.1 Å². The monoisotopic (exact) mass is 363 g/mol. The smallest absolute Gasteiger partial charge is 0.241 e. The number of hydrogen-bond acceptors (Lipinski definition) is 4. The minimum Gasteiger partial charge on any atom is -0.497 e. The number of aryl methyl sites for hydroxylation is 1. The van der Waals surface area contributed by atoms with Crippen LogP contribution in [0.5, 0.6) is 11.5 Å². The second-order valence-corrected chi connectivity index (χ2v) is 7.56. The van der Waals surface area contributed by atoms with E-state index >= 15 is 0 Å². The molecule has 0 aliphatic rings. The number of rotatable bonds is 8. The summed E-state index contributed by atoms with van der Waals surface area (Å²) >= 11 is 0. The average molecular weight is 363 g/mol. The predicted octanol–water partition coefficient (Wildman–Crippen LogP) is 3.70. The highest BCUT2D eigenvalue weighted by molar-refractivity contribution is 7.89. The van der Waals surface area contributed by atoms with E-state index in [1.807, 2.05) is 12.1 Å². The van der Waals surface area contributed by atoms with Gasteiger partial charge < -0.3 is 9.47 Å². The summed E-state index contributed by atoms with van der Waals surface area (Å²) in [6.45, 7) is 3.87. The summed E-state index contributed by atoms with van der Waals surface area (Å²) < 4.78 is 38.6. The lowest BCUT2D eigenvalue weighted by molar-refractivity contribution is 0.395. The van der Waals surface area contributed by atoms with Crippen molar-refractivity contribution in [3.05, 3.63) is 53.6 Å². The van der Waals surface area contributed by atoms with Gasteiger partial charge in [-0.1, -0.05) is 25.5 Å². The number of sulfonamides is 1. The summed E-state index contributed by atoms with van der Waals surface area (Å²) in [5.74, 6) is 1.25. The van der Waals surface area contributed by atoms with Gasteiger partial charge in [-0.25, -0.2) is 13.1 Å². The van der Waals surface area contributed by atoms with Crippen molar-refractivity contribution in [3.8, 4) is 11.5 Å². The molecule has 0 aliphatic carbocycles. The first-order chi connectivity index (χ1) is 11.9. The standard InChI is InChI=1S/C19H25NO4S/c1-5-6-15-7-10-17(11-8-15)25(21,22)20-14(2)18-13-16(23-3)9-12-19(18)24-4/h7-14,20H,5-6H2,1-4H3. The Morgan fingerprint density at radius 3 is 2.28 bits per heavy atom. The molecule has 0 aromatic heterocycles. The van der Waals surface area contributed by atoms with Crippen molar-refractivity contribution in [1.82, 2.24) is 4.72 Å². The topological polar surface area (TPSA) is 64.6 Å². The molecule has 0 radical (unpaired) electrons. The lowest BCUT2D eigenvalue weighted by Gasteiger charge is -2.18. The Labute approximate surface area is 150 Å². The van der Waals surface area contributed by atoms with Gasteiger partial charge in [0.25, 0.3) is 0 Å². The van der Waals surface area contributed by atoms with Crippen LogP contribution < -0.4 is 14.2 Å². The Kier molecular flexibility index (Phi) is 6.45. The minimum absolute atomic E-state index is 0.251. The quantitative estimate of drug-likeness (QED) is 0.777. The SMILES string of the molecule is CCCc1ccc(S(=O)(=O)NC(C)c2cc(OC)ccc2OC)cc1. The van der Waals surface area contributed by atoms with Crippen LogP contribution in [0.2, 0.25) is 0 Å². The largest absolute Gasteiger partial charge is 0.497 e. The van der Waals surface area contributed by atoms with Crippen molar-refractivity contribution in [2.24, 2.45) is 0 Å². The van der Waals surface area contributed by atoms with E-state index in [9.17, 15) is 8.42 Å². The molecule has 0 aliphatic heterocycles. The van der Waals surface area contributed by atoms with Crippen molar-refractivity contribution in [3.63, 3.8) is 0 Å². The molecule has 0 saturated carbocycles. The van der Waals surface area contributed by atoms with Gasteiger partial charge in [-0.3, -0.25) is 0 Å². The molecule has 136 valence electrons. The van der Waals surface area contributed by atoms with E-state index in [4.69, 9.17) is 9.47 Å². The average Bonchev–Trinajstić information content (AvgIpc) is 2.61. The number of benzene rings is 2. The maximum absolute atomic E-state index is 12.7. The fourth-order valence-electron chi connectivity index (χ4n) is 2.67. The van der Waals surface area contributed by atoms with Crippen LogP contribution in [-0.2, 0) is 16.4 Å². The maximum Gasteiger partial charge on any atom is 0.241 e. The molecule has 5 nitrogen and oxygen atoms in total. The van der Waals surface area contributed by atoms with E-state index in [-0.39, 0.29) is 4.90 Å². The summed E-state index contributed by atoms with van der Waals surface area (Å²) in [7, 11) is -0.508. The fraction of sp³-hybridized carbons (Fsp3) is 0.368. The number of methoxy groups -OCH3 is 2. The second kappa shape index (κ2) is 8.36. The third-order valence-corrected chi connectivity index (χ3v) is 5.56. The Hall–Kier alpha value is -2.05. The Balaban J connectivity index is 2.25. The lowest BCUT2D eigenvalue weighted by atomic mass is 10.1. The van der Waals surface area contributed by atoms with Crippen molar-refractivity contribution in [1.29, 1.82) is 0 Å². The molecule has 25 heavy (non-hydrogen) atoms. The van der Waals surface area contributed by atoms with E-state index in [1.165, 1.54) is 0 Å². The molecule has 6 heteroatoms. The molecule has 1 unspecified atom stereocenters. The van der Waals surface area contributed by atoms with Crippen molar-refractivity contribution in [2.75, 3.05) is 14.2 Å². The van der Waals surface area contributed by atoms with Crippen molar-refractivity contribution < 1.29 is 17.9 Å². The van der Waals surface area contributed by atoms with Gasteiger partial charge in [0.2, 0.25) is 10.0 Å². The van der Waals surface area contributed by atoms with Gasteiger partial charge in [0.05, 0.1) is 19.1 Å². The van der Waals surface area contributed by atoms with Crippen molar-refractivity contribution in [2.45, 2.75) is 37.6 Å². The minimum atomic E-state index is -3.63. The molecule has 0 spiro atoms.